The number of anilines is 2. The molecule has 12 nitrogen and oxygen atoms in total. The number of amides is 3. The summed E-state index contributed by atoms with van der Waals surface area (Å²) in [6, 6.07) is 17.8. The van der Waals surface area contributed by atoms with Crippen molar-refractivity contribution in [3.05, 3.63) is 83.4 Å². The number of carboxylic acid groups (broad SMARTS) is 1. The molecule has 0 aliphatic carbocycles. The predicted octanol–water partition coefficient (Wildman–Crippen LogP) is 5.96. The van der Waals surface area contributed by atoms with Crippen LogP contribution in [0.3, 0.4) is 0 Å². The topological polar surface area (TPSA) is 150 Å². The molecule has 0 saturated carbocycles. The van der Waals surface area contributed by atoms with Gasteiger partial charge in [-0.25, -0.2) is 9.59 Å². The Morgan fingerprint density at radius 3 is 2.36 bits per heavy atom. The van der Waals surface area contributed by atoms with Crippen LogP contribution in [0.1, 0.15) is 66.3 Å². The number of nitrogens with one attached hydrogen (secondary N) is 2. The number of nitrogens with zero attached hydrogens (tertiary/aromatic N) is 2. The summed E-state index contributed by atoms with van der Waals surface area (Å²) in [6.45, 7) is 7.57. The second-order valence-corrected chi connectivity index (χ2v) is 13.0. The number of aliphatic hydroxyl groups excluding tert-OH is 1. The first-order valence-corrected chi connectivity index (χ1v) is 17.0. The molecule has 0 spiro atoms. The van der Waals surface area contributed by atoms with Crippen LogP contribution in [-0.4, -0.2) is 96.6 Å². The van der Waals surface area contributed by atoms with Crippen molar-refractivity contribution < 1.29 is 38.8 Å². The summed E-state index contributed by atoms with van der Waals surface area (Å²) in [5, 5.41) is 25.1. The molecule has 0 saturated heterocycles. The van der Waals surface area contributed by atoms with Crippen molar-refractivity contribution in [1.29, 1.82) is 0 Å². The minimum absolute atomic E-state index is 0.118. The number of hydrogen-bond donors (Lipinski definition) is 4. The van der Waals surface area contributed by atoms with Gasteiger partial charge in [0.05, 0.1) is 43.1 Å². The molecule has 270 valence electrons. The average molecular weight is 691 g/mol. The maximum Gasteiger partial charge on any atom is 0.335 e. The fourth-order valence-corrected chi connectivity index (χ4v) is 5.87. The van der Waals surface area contributed by atoms with Gasteiger partial charge in [0.1, 0.15) is 11.5 Å². The summed E-state index contributed by atoms with van der Waals surface area (Å²) < 4.78 is 17.9. The van der Waals surface area contributed by atoms with Gasteiger partial charge in [0, 0.05) is 43.5 Å². The fourth-order valence-electron chi connectivity index (χ4n) is 5.87. The number of methoxy groups -OCH3 is 1. The van der Waals surface area contributed by atoms with Crippen LogP contribution in [0.15, 0.2) is 66.7 Å². The number of carbonyl (C=O) groups excluding carboxylic acids is 2. The Kier molecular flexibility index (Phi) is 14.0. The van der Waals surface area contributed by atoms with Gasteiger partial charge in [-0.15, -0.1) is 0 Å². The average Bonchev–Trinajstić information content (AvgIpc) is 3.10. The SMILES string of the molecule is COc1ccc(NC(=O)Nc2ccc3c(c2)C(=O)N([C@@H](C)CO)C[C@@H](C)[C@H](CN(C)Cc2ccc(C(=O)O)cc2)OCCCC[C@@H](C)O3)cc1. The molecular formula is C38H50N4O8. The number of carbonyl (C=O) groups is 3. The Labute approximate surface area is 294 Å². The molecule has 1 aliphatic rings. The number of aliphatic hydroxyl groups is 1. The minimum Gasteiger partial charge on any atom is -0.497 e. The molecule has 4 atom stereocenters. The van der Waals surface area contributed by atoms with E-state index < -0.39 is 18.0 Å². The lowest BCUT2D eigenvalue weighted by molar-refractivity contribution is -0.0177. The Bertz CT molecular complexity index is 1570. The maximum absolute atomic E-state index is 14.4. The van der Waals surface area contributed by atoms with E-state index in [1.807, 2.05) is 33.0 Å². The number of ether oxygens (including phenoxy) is 3. The second-order valence-electron chi connectivity index (χ2n) is 13.0. The molecule has 0 bridgehead atoms. The molecule has 0 radical (unpaired) electrons. The van der Waals surface area contributed by atoms with E-state index >= 15 is 0 Å². The smallest absolute Gasteiger partial charge is 0.335 e. The van der Waals surface area contributed by atoms with Gasteiger partial charge < -0.3 is 40.0 Å². The van der Waals surface area contributed by atoms with E-state index in [2.05, 4.69) is 15.5 Å². The van der Waals surface area contributed by atoms with E-state index in [0.29, 0.717) is 49.1 Å². The van der Waals surface area contributed by atoms with Crippen molar-refractivity contribution in [3.63, 3.8) is 0 Å². The third-order valence-corrected chi connectivity index (χ3v) is 8.80. The Morgan fingerprint density at radius 2 is 1.70 bits per heavy atom. The van der Waals surface area contributed by atoms with Crippen molar-refractivity contribution in [2.75, 3.05) is 51.1 Å². The first-order chi connectivity index (χ1) is 24.0. The third-order valence-electron chi connectivity index (χ3n) is 8.80. The minimum atomic E-state index is -0.964. The van der Waals surface area contributed by atoms with E-state index in [-0.39, 0.29) is 41.8 Å². The molecular weight excluding hydrogens is 640 g/mol. The highest BCUT2D eigenvalue weighted by molar-refractivity contribution is 6.02. The van der Waals surface area contributed by atoms with Gasteiger partial charge in [-0.2, -0.15) is 0 Å². The highest BCUT2D eigenvalue weighted by atomic mass is 16.5. The van der Waals surface area contributed by atoms with Gasteiger partial charge in [-0.3, -0.25) is 9.69 Å². The molecule has 0 unspecified atom stereocenters. The van der Waals surface area contributed by atoms with Crippen LogP contribution >= 0.6 is 0 Å². The predicted molar refractivity (Wildman–Crippen MR) is 192 cm³/mol. The van der Waals surface area contributed by atoms with Crippen molar-refractivity contribution in [1.82, 2.24) is 9.80 Å². The van der Waals surface area contributed by atoms with Gasteiger partial charge >= 0.3 is 12.0 Å². The first-order valence-electron chi connectivity index (χ1n) is 17.0. The largest absolute Gasteiger partial charge is 0.497 e. The summed E-state index contributed by atoms with van der Waals surface area (Å²) >= 11 is 0. The molecule has 50 heavy (non-hydrogen) atoms. The highest BCUT2D eigenvalue weighted by Gasteiger charge is 2.30. The zero-order chi connectivity index (χ0) is 36.2. The van der Waals surface area contributed by atoms with Gasteiger partial charge in [-0.05, 0) is 100 Å². The number of carboxylic acids is 1. The van der Waals surface area contributed by atoms with E-state index in [1.165, 1.54) is 0 Å². The van der Waals surface area contributed by atoms with E-state index in [0.717, 1.165) is 24.8 Å². The number of aromatic carboxylic acids is 1. The molecule has 1 heterocycles. The molecule has 0 fully saturated rings. The summed E-state index contributed by atoms with van der Waals surface area (Å²) in [6.07, 6.45) is 2.05. The van der Waals surface area contributed by atoms with E-state index in [4.69, 9.17) is 14.2 Å². The number of likely N-dealkylation sites (N-methyl/N-ethyl adjacent to an activating group) is 1. The Morgan fingerprint density at radius 1 is 1.02 bits per heavy atom. The molecule has 4 N–H and O–H groups in total. The summed E-state index contributed by atoms with van der Waals surface area (Å²) in [4.78, 5) is 42.3. The molecule has 3 aromatic rings. The molecule has 4 rings (SSSR count). The van der Waals surface area contributed by atoms with Crippen LogP contribution in [0.5, 0.6) is 11.5 Å². The number of rotatable bonds is 10. The number of fused-ring (bicyclic) bond motifs is 1. The number of urea groups is 1. The van der Waals surface area contributed by atoms with Crippen LogP contribution in [0.25, 0.3) is 0 Å². The standard InChI is InChI=1S/C38H50N4O8/c1-25-21-42(26(2)24-43)36(44)33-20-31(40-38(47)39-30-13-16-32(48-5)17-14-30)15-18-34(33)50-27(3)8-6-7-19-49-35(25)23-41(4)22-28-9-11-29(12-10-28)37(45)46/h9-18,20,25-27,35,43H,6-8,19,21-24H2,1-5H3,(H,45,46)(H2,39,40,47)/t25-,26+,27-,35+/m1/s1. The third kappa shape index (κ3) is 10.9. The molecule has 0 aromatic heterocycles. The van der Waals surface area contributed by atoms with Crippen molar-refractivity contribution in [3.8, 4) is 11.5 Å². The van der Waals surface area contributed by atoms with Gasteiger partial charge in [0.2, 0.25) is 0 Å². The van der Waals surface area contributed by atoms with Gasteiger partial charge in [0.15, 0.2) is 0 Å². The Balaban J connectivity index is 1.56. The van der Waals surface area contributed by atoms with Crippen LogP contribution in [0, 0.1) is 5.92 Å². The van der Waals surface area contributed by atoms with Crippen LogP contribution in [0.2, 0.25) is 0 Å². The Hall–Kier alpha value is -4.65. The molecule has 3 aromatic carbocycles. The van der Waals surface area contributed by atoms with Crippen molar-refractivity contribution in [2.45, 2.75) is 64.8 Å². The van der Waals surface area contributed by atoms with Crippen molar-refractivity contribution >= 4 is 29.3 Å². The maximum atomic E-state index is 14.4. The molecule has 12 heteroatoms. The first kappa shape index (κ1) is 38.2. The quantitative estimate of drug-likeness (QED) is 0.202. The summed E-state index contributed by atoms with van der Waals surface area (Å²) in [5.74, 6) is -0.338. The van der Waals surface area contributed by atoms with Gasteiger partial charge in [0.25, 0.3) is 5.91 Å². The monoisotopic (exact) mass is 690 g/mol. The molecule has 3 amide bonds. The summed E-state index contributed by atoms with van der Waals surface area (Å²) in [5.41, 5.74) is 2.48. The highest BCUT2D eigenvalue weighted by Crippen LogP contribution is 2.29. The lowest BCUT2D eigenvalue weighted by Crippen LogP contribution is -2.47. The zero-order valence-electron chi connectivity index (χ0n) is 29.6. The van der Waals surface area contributed by atoms with Gasteiger partial charge in [-0.1, -0.05) is 19.1 Å². The van der Waals surface area contributed by atoms with E-state index in [1.54, 1.807) is 73.5 Å². The summed E-state index contributed by atoms with van der Waals surface area (Å²) in [7, 11) is 3.56. The normalized spacial score (nSPS) is 19.5. The number of benzene rings is 3. The zero-order valence-corrected chi connectivity index (χ0v) is 29.6. The fraction of sp³-hybridized carbons (Fsp3) is 0.447. The molecule has 1 aliphatic heterocycles. The van der Waals surface area contributed by atoms with Crippen LogP contribution < -0.4 is 20.1 Å². The second kappa shape index (κ2) is 18.4. The lowest BCUT2D eigenvalue weighted by Gasteiger charge is -2.36. The number of hydrogen-bond acceptors (Lipinski definition) is 8. The van der Waals surface area contributed by atoms with Crippen molar-refractivity contribution in [2.24, 2.45) is 5.92 Å². The lowest BCUT2D eigenvalue weighted by atomic mass is 10.0. The van der Waals surface area contributed by atoms with E-state index in [9.17, 15) is 24.6 Å². The van der Waals surface area contributed by atoms with Crippen LogP contribution in [-0.2, 0) is 11.3 Å². The van der Waals surface area contributed by atoms with Crippen LogP contribution in [0.4, 0.5) is 16.2 Å².